The van der Waals surface area contributed by atoms with E-state index in [-0.39, 0.29) is 0 Å². The van der Waals surface area contributed by atoms with Crippen LogP contribution in [0.4, 0.5) is 0 Å². The van der Waals surface area contributed by atoms with E-state index in [0.29, 0.717) is 5.92 Å². The van der Waals surface area contributed by atoms with Crippen LogP contribution < -0.4 is 0 Å². The van der Waals surface area contributed by atoms with Crippen LogP contribution >= 0.6 is 0 Å². The molecule has 0 N–H and O–H groups in total. The lowest BCUT2D eigenvalue weighted by atomic mass is 10.0. The van der Waals surface area contributed by atoms with Crippen LogP contribution in [-0.2, 0) is 4.74 Å². The first kappa shape index (κ1) is 12.5. The Balaban J connectivity index is 2.17. The van der Waals surface area contributed by atoms with E-state index in [1.807, 2.05) is 0 Å². The molecule has 0 amide bonds. The van der Waals surface area contributed by atoms with Crippen molar-refractivity contribution in [3.05, 3.63) is 24.3 Å². The molecule has 0 unspecified atom stereocenters. The van der Waals surface area contributed by atoms with Gasteiger partial charge in [-0.3, -0.25) is 4.90 Å². The van der Waals surface area contributed by atoms with Crippen molar-refractivity contribution in [1.29, 1.82) is 0 Å². The molecule has 15 heavy (non-hydrogen) atoms. The van der Waals surface area contributed by atoms with E-state index in [2.05, 4.69) is 37.5 Å². The summed E-state index contributed by atoms with van der Waals surface area (Å²) in [5, 5.41) is 0. The summed E-state index contributed by atoms with van der Waals surface area (Å²) in [6.07, 6.45) is 5.48. The van der Waals surface area contributed by atoms with E-state index >= 15 is 0 Å². The number of ether oxygens (including phenoxy) is 1. The van der Waals surface area contributed by atoms with E-state index in [4.69, 9.17) is 4.74 Å². The molecule has 1 aliphatic heterocycles. The molecule has 2 heteroatoms. The molecular weight excluding hydrogens is 186 g/mol. The summed E-state index contributed by atoms with van der Waals surface area (Å²) >= 11 is 0. The molecule has 0 aromatic rings. The minimum absolute atomic E-state index is 0.700. The zero-order valence-electron chi connectivity index (χ0n) is 10.0. The van der Waals surface area contributed by atoms with Crippen LogP contribution in [-0.4, -0.2) is 37.7 Å². The van der Waals surface area contributed by atoms with Gasteiger partial charge in [0.15, 0.2) is 0 Å². The molecule has 1 fully saturated rings. The van der Waals surface area contributed by atoms with Crippen molar-refractivity contribution in [2.75, 3.05) is 32.8 Å². The van der Waals surface area contributed by atoms with Crippen molar-refractivity contribution < 1.29 is 4.74 Å². The van der Waals surface area contributed by atoms with Crippen LogP contribution in [0.2, 0.25) is 0 Å². The zero-order chi connectivity index (χ0) is 11.1. The van der Waals surface area contributed by atoms with E-state index in [0.717, 1.165) is 39.3 Å². The van der Waals surface area contributed by atoms with Crippen LogP contribution in [0.5, 0.6) is 0 Å². The number of hydrogen-bond donors (Lipinski definition) is 0. The van der Waals surface area contributed by atoms with Gasteiger partial charge in [-0.05, 0) is 12.3 Å². The van der Waals surface area contributed by atoms with Gasteiger partial charge in [-0.2, -0.15) is 0 Å². The lowest BCUT2D eigenvalue weighted by Gasteiger charge is -2.25. The Hall–Kier alpha value is -0.600. The Labute approximate surface area is 93.6 Å². The van der Waals surface area contributed by atoms with Crippen LogP contribution in [0.3, 0.4) is 0 Å². The topological polar surface area (TPSA) is 12.5 Å². The lowest BCUT2D eigenvalue weighted by Crippen LogP contribution is -2.36. The normalized spacial score (nSPS) is 18.9. The van der Waals surface area contributed by atoms with Crippen LogP contribution in [0, 0.1) is 5.92 Å². The molecule has 0 saturated carbocycles. The molecule has 1 aliphatic rings. The molecule has 1 heterocycles. The summed E-state index contributed by atoms with van der Waals surface area (Å²) in [5.41, 5.74) is 1.23. The summed E-state index contributed by atoms with van der Waals surface area (Å²) in [6.45, 7) is 13.4. The van der Waals surface area contributed by atoms with E-state index in [1.165, 1.54) is 5.57 Å². The lowest BCUT2D eigenvalue weighted by molar-refractivity contribution is 0.0434. The fraction of sp³-hybridized carbons (Fsp3) is 0.692. The average Bonchev–Trinajstić information content (AvgIpc) is 2.18. The Kier molecular flexibility index (Phi) is 5.66. The molecule has 0 bridgehead atoms. The standard InChI is InChI=1S/C13H23NO/c1-12(2)11-13(3)5-4-6-14-7-9-15-10-8-14/h4-5,12H,3,6-11H2,1-2H3/b5-4+. The van der Waals surface area contributed by atoms with Crippen molar-refractivity contribution in [1.82, 2.24) is 4.90 Å². The minimum atomic E-state index is 0.700. The molecule has 0 atom stereocenters. The molecule has 0 aromatic carbocycles. The highest BCUT2D eigenvalue weighted by atomic mass is 16.5. The summed E-state index contributed by atoms with van der Waals surface area (Å²) in [7, 11) is 0. The van der Waals surface area contributed by atoms with Crippen LogP contribution in [0.25, 0.3) is 0 Å². The van der Waals surface area contributed by atoms with Gasteiger partial charge in [-0.25, -0.2) is 0 Å². The first-order valence-electron chi connectivity index (χ1n) is 5.83. The third kappa shape index (κ3) is 5.75. The van der Waals surface area contributed by atoms with Crippen molar-refractivity contribution in [2.45, 2.75) is 20.3 Å². The van der Waals surface area contributed by atoms with Crippen molar-refractivity contribution >= 4 is 0 Å². The van der Waals surface area contributed by atoms with Crippen molar-refractivity contribution in [3.63, 3.8) is 0 Å². The predicted molar refractivity (Wildman–Crippen MR) is 65.0 cm³/mol. The molecule has 1 rings (SSSR count). The van der Waals surface area contributed by atoms with Gasteiger partial charge in [0.1, 0.15) is 0 Å². The second-order valence-corrected chi connectivity index (χ2v) is 4.57. The fourth-order valence-corrected chi connectivity index (χ4v) is 1.74. The highest BCUT2D eigenvalue weighted by Gasteiger charge is 2.07. The van der Waals surface area contributed by atoms with Crippen LogP contribution in [0.1, 0.15) is 20.3 Å². The molecule has 2 nitrogen and oxygen atoms in total. The molecular formula is C13H23NO. The van der Waals surface area contributed by atoms with Gasteiger partial charge in [0.05, 0.1) is 13.2 Å². The number of morpholine rings is 1. The number of hydrogen-bond acceptors (Lipinski definition) is 2. The van der Waals surface area contributed by atoms with Gasteiger partial charge in [-0.1, -0.05) is 38.2 Å². The predicted octanol–water partition coefficient (Wildman–Crippen LogP) is 2.48. The summed E-state index contributed by atoms with van der Waals surface area (Å²) in [6, 6.07) is 0. The number of nitrogens with zero attached hydrogens (tertiary/aromatic N) is 1. The molecule has 0 radical (unpaired) electrons. The van der Waals surface area contributed by atoms with Gasteiger partial charge < -0.3 is 4.74 Å². The summed E-state index contributed by atoms with van der Waals surface area (Å²) < 4.78 is 5.30. The SMILES string of the molecule is C=C(/C=C/CN1CCOCC1)CC(C)C. The van der Waals surface area contributed by atoms with Crippen molar-refractivity contribution in [3.8, 4) is 0 Å². The zero-order valence-corrected chi connectivity index (χ0v) is 10.0. The smallest absolute Gasteiger partial charge is 0.0594 e. The van der Waals surface area contributed by atoms with E-state index < -0.39 is 0 Å². The first-order chi connectivity index (χ1) is 7.18. The second kappa shape index (κ2) is 6.81. The van der Waals surface area contributed by atoms with Gasteiger partial charge >= 0.3 is 0 Å². The minimum Gasteiger partial charge on any atom is -0.379 e. The van der Waals surface area contributed by atoms with Gasteiger partial charge in [0.2, 0.25) is 0 Å². The fourth-order valence-electron chi connectivity index (χ4n) is 1.74. The maximum atomic E-state index is 5.30. The maximum absolute atomic E-state index is 5.30. The second-order valence-electron chi connectivity index (χ2n) is 4.57. The molecule has 0 spiro atoms. The number of allylic oxidation sites excluding steroid dienone is 2. The third-order valence-electron chi connectivity index (χ3n) is 2.49. The summed E-state index contributed by atoms with van der Waals surface area (Å²) in [4.78, 5) is 2.41. The Bertz CT molecular complexity index is 215. The molecule has 86 valence electrons. The van der Waals surface area contributed by atoms with E-state index in [9.17, 15) is 0 Å². The highest BCUT2D eigenvalue weighted by Crippen LogP contribution is 2.09. The Morgan fingerprint density at radius 2 is 2.07 bits per heavy atom. The van der Waals surface area contributed by atoms with E-state index in [1.54, 1.807) is 0 Å². The Morgan fingerprint density at radius 3 is 2.67 bits per heavy atom. The molecule has 1 saturated heterocycles. The quantitative estimate of drug-likeness (QED) is 0.645. The van der Waals surface area contributed by atoms with Gasteiger partial charge in [0, 0.05) is 19.6 Å². The molecule has 0 aromatic heterocycles. The summed E-state index contributed by atoms with van der Waals surface area (Å²) in [5.74, 6) is 0.700. The Morgan fingerprint density at radius 1 is 1.40 bits per heavy atom. The first-order valence-corrected chi connectivity index (χ1v) is 5.83. The van der Waals surface area contributed by atoms with Crippen molar-refractivity contribution in [2.24, 2.45) is 5.92 Å². The average molecular weight is 209 g/mol. The third-order valence-corrected chi connectivity index (χ3v) is 2.49. The maximum Gasteiger partial charge on any atom is 0.0594 e. The van der Waals surface area contributed by atoms with Gasteiger partial charge in [0.25, 0.3) is 0 Å². The van der Waals surface area contributed by atoms with Gasteiger partial charge in [-0.15, -0.1) is 0 Å². The number of rotatable bonds is 5. The highest BCUT2D eigenvalue weighted by molar-refractivity contribution is 5.14. The largest absolute Gasteiger partial charge is 0.379 e. The monoisotopic (exact) mass is 209 g/mol. The molecule has 0 aliphatic carbocycles. The van der Waals surface area contributed by atoms with Crippen LogP contribution in [0.15, 0.2) is 24.3 Å².